The summed E-state index contributed by atoms with van der Waals surface area (Å²) in [4.78, 5) is 4.25. The van der Waals surface area contributed by atoms with Gasteiger partial charge in [-0.05, 0) is 12.1 Å². The fraction of sp³-hybridized carbons (Fsp3) is 0. The lowest BCUT2D eigenvalue weighted by atomic mass is 10.1. The Morgan fingerprint density at radius 1 is 0.867 bits per heavy atom. The Hall–Kier alpha value is -2.11. The van der Waals surface area contributed by atoms with Gasteiger partial charge in [0.1, 0.15) is 0 Å². The lowest BCUT2D eigenvalue weighted by Gasteiger charge is -1.97. The first-order valence-electron chi connectivity index (χ1n) is 4.64. The standard InChI is InChI=1S/C11H9N.C3H4/c1-2-6-10(7-3-1)11-8-4-5-9-12-11;1-3-2/h1-9H;1-2H2. The highest BCUT2D eigenvalue weighted by Crippen LogP contribution is 2.14. The average molecular weight is 195 g/mol. The van der Waals surface area contributed by atoms with Gasteiger partial charge in [-0.3, -0.25) is 4.98 Å². The molecule has 0 amide bonds. The summed E-state index contributed by atoms with van der Waals surface area (Å²) in [6, 6.07) is 16.1. The molecule has 0 saturated heterocycles. The Kier molecular flexibility index (Phi) is 4.65. The summed E-state index contributed by atoms with van der Waals surface area (Å²) < 4.78 is 0. The van der Waals surface area contributed by atoms with Gasteiger partial charge in [0.25, 0.3) is 0 Å². The number of hydrogen-bond donors (Lipinski definition) is 0. The molecule has 0 aliphatic rings. The maximum Gasteiger partial charge on any atom is 0.0701 e. The normalized spacial score (nSPS) is 8.27. The predicted octanol–water partition coefficient (Wildman–Crippen LogP) is 3.71. The zero-order valence-corrected chi connectivity index (χ0v) is 8.56. The van der Waals surface area contributed by atoms with E-state index in [9.17, 15) is 0 Å². The molecule has 0 aliphatic carbocycles. The van der Waals surface area contributed by atoms with Crippen molar-refractivity contribution in [2.24, 2.45) is 0 Å². The first kappa shape index (κ1) is 11.0. The van der Waals surface area contributed by atoms with Gasteiger partial charge in [-0.2, -0.15) is 0 Å². The third-order valence-corrected chi connectivity index (χ3v) is 1.73. The zero-order chi connectivity index (χ0) is 10.9. The van der Waals surface area contributed by atoms with E-state index in [2.05, 4.69) is 36.0 Å². The number of rotatable bonds is 1. The van der Waals surface area contributed by atoms with E-state index in [0.29, 0.717) is 0 Å². The van der Waals surface area contributed by atoms with E-state index in [4.69, 9.17) is 0 Å². The van der Waals surface area contributed by atoms with Gasteiger partial charge in [0, 0.05) is 11.8 Å². The minimum absolute atomic E-state index is 1.03. The number of aromatic nitrogens is 1. The maximum absolute atomic E-state index is 4.25. The van der Waals surface area contributed by atoms with Gasteiger partial charge in [0.15, 0.2) is 0 Å². The van der Waals surface area contributed by atoms with Crippen molar-refractivity contribution < 1.29 is 0 Å². The highest BCUT2D eigenvalue weighted by Gasteiger charge is 1.93. The molecule has 2 aromatic rings. The highest BCUT2D eigenvalue weighted by atomic mass is 14.7. The minimum Gasteiger partial charge on any atom is -0.256 e. The van der Waals surface area contributed by atoms with Gasteiger partial charge in [0.05, 0.1) is 5.69 Å². The molecule has 15 heavy (non-hydrogen) atoms. The van der Waals surface area contributed by atoms with E-state index >= 15 is 0 Å². The van der Waals surface area contributed by atoms with Crippen LogP contribution in [0, 0.1) is 0 Å². The topological polar surface area (TPSA) is 12.9 Å². The molecule has 0 saturated carbocycles. The molecule has 2 rings (SSSR count). The van der Waals surface area contributed by atoms with E-state index in [-0.39, 0.29) is 0 Å². The summed E-state index contributed by atoms with van der Waals surface area (Å²) in [6.45, 7) is 6.25. The third-order valence-electron chi connectivity index (χ3n) is 1.73. The Morgan fingerprint density at radius 3 is 2.00 bits per heavy atom. The summed E-state index contributed by atoms with van der Waals surface area (Å²) in [5, 5.41) is 0. The molecule has 1 heteroatoms. The summed E-state index contributed by atoms with van der Waals surface area (Å²) in [5.41, 5.74) is 4.44. The number of benzene rings is 1. The zero-order valence-electron chi connectivity index (χ0n) is 8.56. The summed E-state index contributed by atoms with van der Waals surface area (Å²) in [5.74, 6) is 0. The Bertz CT molecular complexity index is 374. The van der Waals surface area contributed by atoms with Crippen LogP contribution in [0.1, 0.15) is 0 Å². The van der Waals surface area contributed by atoms with Crippen LogP contribution in [0.15, 0.2) is 73.6 Å². The summed E-state index contributed by atoms with van der Waals surface area (Å²) >= 11 is 0. The molecule has 1 aromatic carbocycles. The monoisotopic (exact) mass is 195 g/mol. The molecule has 0 atom stereocenters. The van der Waals surface area contributed by atoms with E-state index in [1.807, 2.05) is 42.6 Å². The first-order valence-corrected chi connectivity index (χ1v) is 4.64. The van der Waals surface area contributed by atoms with Gasteiger partial charge >= 0.3 is 0 Å². The molecule has 1 nitrogen and oxygen atoms in total. The van der Waals surface area contributed by atoms with Crippen molar-refractivity contribution >= 4 is 0 Å². The Morgan fingerprint density at radius 2 is 1.47 bits per heavy atom. The van der Waals surface area contributed by atoms with Crippen LogP contribution in [-0.4, -0.2) is 4.98 Å². The molecule has 0 spiro atoms. The van der Waals surface area contributed by atoms with Crippen molar-refractivity contribution in [1.82, 2.24) is 4.98 Å². The molecule has 0 bridgehead atoms. The molecule has 1 heterocycles. The van der Waals surface area contributed by atoms with Crippen LogP contribution in [0.3, 0.4) is 0 Å². The number of nitrogens with zero attached hydrogens (tertiary/aromatic N) is 1. The van der Waals surface area contributed by atoms with Crippen LogP contribution in [0.25, 0.3) is 11.3 Å². The second kappa shape index (κ2) is 6.36. The van der Waals surface area contributed by atoms with E-state index in [1.165, 1.54) is 0 Å². The van der Waals surface area contributed by atoms with Crippen LogP contribution >= 0.6 is 0 Å². The third kappa shape index (κ3) is 3.63. The van der Waals surface area contributed by atoms with Crippen LogP contribution in [0.2, 0.25) is 0 Å². The largest absolute Gasteiger partial charge is 0.256 e. The van der Waals surface area contributed by atoms with Crippen molar-refractivity contribution in [3.63, 3.8) is 0 Å². The smallest absolute Gasteiger partial charge is 0.0701 e. The highest BCUT2D eigenvalue weighted by molar-refractivity contribution is 5.58. The van der Waals surface area contributed by atoms with Crippen molar-refractivity contribution in [3.8, 4) is 11.3 Å². The van der Waals surface area contributed by atoms with Crippen molar-refractivity contribution in [3.05, 3.63) is 73.6 Å². The Labute approximate surface area is 90.4 Å². The number of pyridine rings is 1. The summed E-state index contributed by atoms with van der Waals surface area (Å²) in [7, 11) is 0. The summed E-state index contributed by atoms with van der Waals surface area (Å²) in [6.07, 6.45) is 1.81. The predicted molar refractivity (Wildman–Crippen MR) is 64.4 cm³/mol. The van der Waals surface area contributed by atoms with Gasteiger partial charge < -0.3 is 0 Å². The average Bonchev–Trinajstić information content (AvgIpc) is 2.32. The molecular formula is C14H13N. The van der Waals surface area contributed by atoms with Crippen molar-refractivity contribution in [2.45, 2.75) is 0 Å². The fourth-order valence-electron chi connectivity index (χ4n) is 1.14. The van der Waals surface area contributed by atoms with E-state index in [0.717, 1.165) is 11.3 Å². The maximum atomic E-state index is 4.25. The lowest BCUT2D eigenvalue weighted by molar-refractivity contribution is 1.33. The second-order valence-corrected chi connectivity index (χ2v) is 2.83. The van der Waals surface area contributed by atoms with Gasteiger partial charge in [-0.15, -0.1) is 5.73 Å². The molecule has 0 fully saturated rings. The van der Waals surface area contributed by atoms with E-state index < -0.39 is 0 Å². The van der Waals surface area contributed by atoms with Crippen LogP contribution < -0.4 is 0 Å². The molecule has 74 valence electrons. The van der Waals surface area contributed by atoms with Crippen molar-refractivity contribution in [1.29, 1.82) is 0 Å². The van der Waals surface area contributed by atoms with Gasteiger partial charge in [0.2, 0.25) is 0 Å². The Balaban J connectivity index is 0.000000337. The lowest BCUT2D eigenvalue weighted by Crippen LogP contribution is -1.79. The van der Waals surface area contributed by atoms with Gasteiger partial charge in [-0.25, -0.2) is 0 Å². The molecule has 0 radical (unpaired) electrons. The molecular weight excluding hydrogens is 182 g/mol. The van der Waals surface area contributed by atoms with Crippen LogP contribution in [-0.2, 0) is 0 Å². The number of hydrogen-bond acceptors (Lipinski definition) is 1. The molecule has 0 unspecified atom stereocenters. The molecule has 0 N–H and O–H groups in total. The van der Waals surface area contributed by atoms with E-state index in [1.54, 1.807) is 0 Å². The second-order valence-electron chi connectivity index (χ2n) is 2.83. The molecule has 0 aliphatic heterocycles. The quantitative estimate of drug-likeness (QED) is 0.632. The van der Waals surface area contributed by atoms with Crippen LogP contribution in [0.4, 0.5) is 0 Å². The SMILES string of the molecule is C=C=C.c1ccc(-c2ccccn2)cc1. The fourth-order valence-corrected chi connectivity index (χ4v) is 1.14. The minimum atomic E-state index is 1.03. The van der Waals surface area contributed by atoms with Gasteiger partial charge in [-0.1, -0.05) is 49.6 Å². The first-order chi connectivity index (χ1) is 7.38. The van der Waals surface area contributed by atoms with Crippen LogP contribution in [0.5, 0.6) is 0 Å². The molecule has 1 aromatic heterocycles. The van der Waals surface area contributed by atoms with Crippen molar-refractivity contribution in [2.75, 3.05) is 0 Å².